The SMILES string of the molecule is CCc1onc(C)c1[C@@H]1CCCN1Cc1ccc(C)c(C)c1. The molecule has 0 spiro atoms. The van der Waals surface area contributed by atoms with Gasteiger partial charge in [-0.05, 0) is 56.8 Å². The van der Waals surface area contributed by atoms with Crippen LogP contribution >= 0.6 is 0 Å². The molecule has 0 amide bonds. The molecule has 3 nitrogen and oxygen atoms in total. The van der Waals surface area contributed by atoms with E-state index in [9.17, 15) is 0 Å². The second-order valence-corrected chi connectivity index (χ2v) is 6.51. The molecule has 3 rings (SSSR count). The number of hydrogen-bond acceptors (Lipinski definition) is 3. The summed E-state index contributed by atoms with van der Waals surface area (Å²) in [6.45, 7) is 10.8. The Hall–Kier alpha value is -1.61. The molecule has 1 aliphatic heterocycles. The minimum Gasteiger partial charge on any atom is -0.361 e. The third-order valence-corrected chi connectivity index (χ3v) is 4.96. The molecule has 1 aliphatic rings. The van der Waals surface area contributed by atoms with Gasteiger partial charge >= 0.3 is 0 Å². The number of benzene rings is 1. The second kappa shape index (κ2) is 6.25. The zero-order valence-corrected chi connectivity index (χ0v) is 14.1. The van der Waals surface area contributed by atoms with Gasteiger partial charge in [0.05, 0.1) is 5.69 Å². The van der Waals surface area contributed by atoms with Gasteiger partial charge in [-0.15, -0.1) is 0 Å². The minimum atomic E-state index is 0.461. The molecule has 1 saturated heterocycles. The Balaban J connectivity index is 1.84. The Morgan fingerprint density at radius 3 is 2.77 bits per heavy atom. The summed E-state index contributed by atoms with van der Waals surface area (Å²) in [5, 5.41) is 4.20. The highest BCUT2D eigenvalue weighted by Crippen LogP contribution is 2.37. The van der Waals surface area contributed by atoms with Crippen LogP contribution in [0.25, 0.3) is 0 Å². The number of likely N-dealkylation sites (tertiary alicyclic amines) is 1. The van der Waals surface area contributed by atoms with Crippen LogP contribution in [0.15, 0.2) is 22.7 Å². The standard InChI is InChI=1S/C19H26N2O/c1-5-18-19(15(4)20-22-18)17-7-6-10-21(17)12-16-9-8-13(2)14(3)11-16/h8-9,11,17H,5-7,10,12H2,1-4H3/t17-/m0/s1. The van der Waals surface area contributed by atoms with Gasteiger partial charge in [0.25, 0.3) is 0 Å². The van der Waals surface area contributed by atoms with E-state index in [4.69, 9.17) is 4.52 Å². The monoisotopic (exact) mass is 298 g/mol. The van der Waals surface area contributed by atoms with Gasteiger partial charge in [-0.1, -0.05) is 30.3 Å². The third kappa shape index (κ3) is 2.82. The minimum absolute atomic E-state index is 0.461. The van der Waals surface area contributed by atoms with Crippen molar-refractivity contribution in [1.82, 2.24) is 10.1 Å². The smallest absolute Gasteiger partial charge is 0.141 e. The average molecular weight is 298 g/mol. The Labute approximate surface area is 133 Å². The van der Waals surface area contributed by atoms with Crippen LogP contribution in [0.5, 0.6) is 0 Å². The highest BCUT2D eigenvalue weighted by Gasteiger charge is 2.31. The number of aryl methyl sites for hydroxylation is 4. The van der Waals surface area contributed by atoms with Crippen molar-refractivity contribution in [3.8, 4) is 0 Å². The molecule has 3 heteroatoms. The topological polar surface area (TPSA) is 29.3 Å². The fourth-order valence-corrected chi connectivity index (χ4v) is 3.58. The van der Waals surface area contributed by atoms with Crippen molar-refractivity contribution in [1.29, 1.82) is 0 Å². The maximum absolute atomic E-state index is 5.51. The molecule has 0 N–H and O–H groups in total. The largest absolute Gasteiger partial charge is 0.361 e. The first-order chi connectivity index (χ1) is 10.6. The first kappa shape index (κ1) is 15.3. The van der Waals surface area contributed by atoms with E-state index < -0.39 is 0 Å². The summed E-state index contributed by atoms with van der Waals surface area (Å²) in [6.07, 6.45) is 3.38. The molecule has 0 unspecified atom stereocenters. The first-order valence-corrected chi connectivity index (χ1v) is 8.35. The first-order valence-electron chi connectivity index (χ1n) is 8.35. The van der Waals surface area contributed by atoms with Crippen molar-refractivity contribution in [3.05, 3.63) is 51.9 Å². The van der Waals surface area contributed by atoms with Gasteiger partial charge in [0.2, 0.25) is 0 Å². The summed E-state index contributed by atoms with van der Waals surface area (Å²) in [4.78, 5) is 2.59. The molecule has 0 bridgehead atoms. The van der Waals surface area contributed by atoms with E-state index in [2.05, 4.69) is 56.0 Å². The molecule has 1 aromatic carbocycles. The summed E-state index contributed by atoms with van der Waals surface area (Å²) >= 11 is 0. The second-order valence-electron chi connectivity index (χ2n) is 6.51. The highest BCUT2D eigenvalue weighted by molar-refractivity contribution is 5.31. The number of hydrogen-bond donors (Lipinski definition) is 0. The average Bonchev–Trinajstić information content (AvgIpc) is 3.09. The molecule has 22 heavy (non-hydrogen) atoms. The van der Waals surface area contributed by atoms with E-state index in [0.717, 1.165) is 31.0 Å². The predicted molar refractivity (Wildman–Crippen MR) is 88.9 cm³/mol. The van der Waals surface area contributed by atoms with Crippen molar-refractivity contribution in [2.45, 2.75) is 59.5 Å². The van der Waals surface area contributed by atoms with E-state index in [-0.39, 0.29) is 0 Å². The molecule has 1 fully saturated rings. The van der Waals surface area contributed by atoms with E-state index >= 15 is 0 Å². The maximum atomic E-state index is 5.51. The van der Waals surface area contributed by atoms with Gasteiger partial charge < -0.3 is 4.52 Å². The molecule has 1 atom stereocenters. The molecule has 0 saturated carbocycles. The molecule has 0 radical (unpaired) electrons. The summed E-state index contributed by atoms with van der Waals surface area (Å²) < 4.78 is 5.51. The molecular formula is C19H26N2O. The van der Waals surface area contributed by atoms with Crippen LogP contribution in [0.3, 0.4) is 0 Å². The molecule has 1 aromatic heterocycles. The van der Waals surface area contributed by atoms with Crippen LogP contribution in [-0.2, 0) is 13.0 Å². The Bertz CT molecular complexity index is 659. The predicted octanol–water partition coefficient (Wildman–Crippen LogP) is 4.50. The lowest BCUT2D eigenvalue weighted by Gasteiger charge is -2.25. The third-order valence-electron chi connectivity index (χ3n) is 4.96. The van der Waals surface area contributed by atoms with Crippen LogP contribution in [0.4, 0.5) is 0 Å². The fraction of sp³-hybridized carbons (Fsp3) is 0.526. The van der Waals surface area contributed by atoms with Crippen molar-refractivity contribution in [2.24, 2.45) is 0 Å². The van der Waals surface area contributed by atoms with Gasteiger partial charge in [-0.25, -0.2) is 0 Å². The van der Waals surface area contributed by atoms with Gasteiger partial charge in [0.15, 0.2) is 0 Å². The number of rotatable bonds is 4. The highest BCUT2D eigenvalue weighted by atomic mass is 16.5. The van der Waals surface area contributed by atoms with Crippen LogP contribution < -0.4 is 0 Å². The molecule has 2 aromatic rings. The molecular weight excluding hydrogens is 272 g/mol. The quantitative estimate of drug-likeness (QED) is 0.832. The normalized spacial score (nSPS) is 19.0. The van der Waals surface area contributed by atoms with E-state index in [0.29, 0.717) is 6.04 Å². The zero-order chi connectivity index (χ0) is 15.7. The van der Waals surface area contributed by atoms with Crippen molar-refractivity contribution in [2.75, 3.05) is 6.54 Å². The van der Waals surface area contributed by atoms with Crippen LogP contribution in [0.1, 0.15) is 59.5 Å². The van der Waals surface area contributed by atoms with Crippen LogP contribution in [0, 0.1) is 20.8 Å². The van der Waals surface area contributed by atoms with Gasteiger partial charge in [-0.2, -0.15) is 0 Å². The van der Waals surface area contributed by atoms with E-state index in [1.165, 1.54) is 35.1 Å². The number of aromatic nitrogens is 1. The van der Waals surface area contributed by atoms with Gasteiger partial charge in [0, 0.05) is 24.6 Å². The van der Waals surface area contributed by atoms with Crippen molar-refractivity contribution < 1.29 is 4.52 Å². The summed E-state index contributed by atoms with van der Waals surface area (Å²) in [5.74, 6) is 1.06. The molecule has 118 valence electrons. The van der Waals surface area contributed by atoms with Crippen molar-refractivity contribution >= 4 is 0 Å². The zero-order valence-electron chi connectivity index (χ0n) is 14.1. The summed E-state index contributed by atoms with van der Waals surface area (Å²) in [7, 11) is 0. The van der Waals surface area contributed by atoms with E-state index in [1.54, 1.807) is 0 Å². The Morgan fingerprint density at radius 1 is 1.23 bits per heavy atom. The Morgan fingerprint density at radius 2 is 2.05 bits per heavy atom. The maximum Gasteiger partial charge on any atom is 0.141 e. The van der Waals surface area contributed by atoms with Crippen LogP contribution in [-0.4, -0.2) is 16.6 Å². The van der Waals surface area contributed by atoms with Gasteiger partial charge in [0.1, 0.15) is 5.76 Å². The lowest BCUT2D eigenvalue weighted by atomic mass is 10.0. The van der Waals surface area contributed by atoms with Crippen molar-refractivity contribution in [3.63, 3.8) is 0 Å². The van der Waals surface area contributed by atoms with Gasteiger partial charge in [-0.3, -0.25) is 4.90 Å². The summed E-state index contributed by atoms with van der Waals surface area (Å²) in [5.41, 5.74) is 6.55. The lowest BCUT2D eigenvalue weighted by molar-refractivity contribution is 0.245. The lowest BCUT2D eigenvalue weighted by Crippen LogP contribution is -2.23. The Kier molecular flexibility index (Phi) is 4.34. The number of nitrogens with zero attached hydrogens (tertiary/aromatic N) is 2. The fourth-order valence-electron chi connectivity index (χ4n) is 3.58. The summed E-state index contributed by atoms with van der Waals surface area (Å²) in [6, 6.07) is 7.28. The van der Waals surface area contributed by atoms with E-state index in [1.807, 2.05) is 0 Å². The van der Waals surface area contributed by atoms with Crippen LogP contribution in [0.2, 0.25) is 0 Å². The molecule has 0 aliphatic carbocycles. The molecule has 2 heterocycles.